The van der Waals surface area contributed by atoms with Gasteiger partial charge in [-0.15, -0.1) is 0 Å². The van der Waals surface area contributed by atoms with Crippen molar-refractivity contribution in [2.24, 2.45) is 0 Å². The first-order valence-corrected chi connectivity index (χ1v) is 12.6. The van der Waals surface area contributed by atoms with Gasteiger partial charge >= 0.3 is 0 Å². The van der Waals surface area contributed by atoms with Gasteiger partial charge in [0.2, 0.25) is 15.9 Å². The van der Waals surface area contributed by atoms with E-state index in [0.29, 0.717) is 10.8 Å². The van der Waals surface area contributed by atoms with E-state index in [1.807, 2.05) is 13.0 Å². The van der Waals surface area contributed by atoms with Crippen LogP contribution in [0.5, 0.6) is 5.75 Å². The number of methoxy groups -OCH3 is 1. The number of benzene rings is 2. The summed E-state index contributed by atoms with van der Waals surface area (Å²) < 4.78 is 31.6. The van der Waals surface area contributed by atoms with Gasteiger partial charge in [-0.1, -0.05) is 29.8 Å². The second-order valence-corrected chi connectivity index (χ2v) is 10.3. The predicted octanol–water partition coefficient (Wildman–Crippen LogP) is 4.26. The van der Waals surface area contributed by atoms with Crippen molar-refractivity contribution < 1.29 is 17.9 Å². The van der Waals surface area contributed by atoms with E-state index in [-0.39, 0.29) is 11.7 Å². The SMILES string of the molecule is COc1ccc(Cl)cc1N(C(C)C(=O)NC(C)c1ccc2c(c1)CCCC2)S(C)(=O)=O. The van der Waals surface area contributed by atoms with Crippen LogP contribution in [0.15, 0.2) is 36.4 Å². The van der Waals surface area contributed by atoms with Gasteiger partial charge in [-0.3, -0.25) is 9.10 Å². The second-order valence-electron chi connectivity index (χ2n) is 8.02. The van der Waals surface area contributed by atoms with Crippen LogP contribution in [-0.4, -0.2) is 33.7 Å². The molecule has 0 fully saturated rings. The highest BCUT2D eigenvalue weighted by molar-refractivity contribution is 7.92. The number of halogens is 1. The molecule has 3 rings (SSSR count). The van der Waals surface area contributed by atoms with Crippen LogP contribution in [0.4, 0.5) is 5.69 Å². The maximum Gasteiger partial charge on any atom is 0.244 e. The van der Waals surface area contributed by atoms with Gasteiger partial charge in [0.05, 0.1) is 25.1 Å². The minimum absolute atomic E-state index is 0.224. The Balaban J connectivity index is 1.85. The number of carbonyl (C=O) groups excluding carboxylic acids is 1. The molecule has 0 aliphatic heterocycles. The monoisotopic (exact) mass is 464 g/mol. The molecular formula is C23H29ClN2O4S. The molecule has 0 saturated carbocycles. The number of nitrogens with one attached hydrogen (secondary N) is 1. The summed E-state index contributed by atoms with van der Waals surface area (Å²) >= 11 is 6.10. The number of nitrogens with zero attached hydrogens (tertiary/aromatic N) is 1. The van der Waals surface area contributed by atoms with Crippen molar-refractivity contribution in [2.75, 3.05) is 17.7 Å². The largest absolute Gasteiger partial charge is 0.495 e. The van der Waals surface area contributed by atoms with Crippen LogP contribution in [-0.2, 0) is 27.7 Å². The molecule has 0 heterocycles. The summed E-state index contributed by atoms with van der Waals surface area (Å²) in [5.41, 5.74) is 3.94. The molecule has 1 aliphatic rings. The van der Waals surface area contributed by atoms with Crippen LogP contribution in [0.2, 0.25) is 5.02 Å². The van der Waals surface area contributed by atoms with Gasteiger partial charge in [-0.2, -0.15) is 0 Å². The van der Waals surface area contributed by atoms with E-state index in [4.69, 9.17) is 16.3 Å². The molecule has 1 N–H and O–H groups in total. The van der Waals surface area contributed by atoms with Crippen LogP contribution >= 0.6 is 11.6 Å². The molecule has 168 valence electrons. The topological polar surface area (TPSA) is 75.7 Å². The van der Waals surface area contributed by atoms with Crippen molar-refractivity contribution in [1.82, 2.24) is 5.32 Å². The molecule has 0 aromatic heterocycles. The summed E-state index contributed by atoms with van der Waals surface area (Å²) in [6.07, 6.45) is 5.60. The Hall–Kier alpha value is -2.25. The first-order chi connectivity index (χ1) is 14.6. The fourth-order valence-electron chi connectivity index (χ4n) is 4.06. The zero-order valence-electron chi connectivity index (χ0n) is 18.3. The summed E-state index contributed by atoms with van der Waals surface area (Å²) in [4.78, 5) is 13.1. The Morgan fingerprint density at radius 1 is 1.10 bits per heavy atom. The first-order valence-electron chi connectivity index (χ1n) is 10.4. The Morgan fingerprint density at radius 3 is 2.42 bits per heavy atom. The number of anilines is 1. The number of ether oxygens (including phenoxy) is 1. The maximum absolute atomic E-state index is 13.1. The summed E-state index contributed by atoms with van der Waals surface area (Å²) in [5, 5.41) is 3.31. The van der Waals surface area contributed by atoms with E-state index < -0.39 is 22.0 Å². The molecule has 0 spiro atoms. The van der Waals surface area contributed by atoms with E-state index in [1.54, 1.807) is 19.1 Å². The van der Waals surface area contributed by atoms with Gasteiger partial charge < -0.3 is 10.1 Å². The van der Waals surface area contributed by atoms with Crippen molar-refractivity contribution in [3.05, 3.63) is 58.1 Å². The Kier molecular flexibility index (Phi) is 7.17. The van der Waals surface area contributed by atoms with E-state index in [2.05, 4.69) is 17.4 Å². The van der Waals surface area contributed by atoms with E-state index >= 15 is 0 Å². The standard InChI is InChI=1S/C23H29ClN2O4S/c1-15(18-10-9-17-7-5-6-8-19(17)13-18)25-23(27)16(2)26(31(4,28)29)21-14-20(24)11-12-22(21)30-3/h9-16H,5-8H2,1-4H3,(H,25,27). The number of aryl methyl sites for hydroxylation is 2. The van der Waals surface area contributed by atoms with E-state index in [1.165, 1.54) is 37.1 Å². The average Bonchev–Trinajstić information content (AvgIpc) is 2.72. The fourth-order valence-corrected chi connectivity index (χ4v) is 5.39. The predicted molar refractivity (Wildman–Crippen MR) is 124 cm³/mol. The van der Waals surface area contributed by atoms with Crippen molar-refractivity contribution in [2.45, 2.75) is 51.6 Å². The number of rotatable bonds is 7. The summed E-state index contributed by atoms with van der Waals surface area (Å²) in [6.45, 7) is 3.45. The number of sulfonamides is 1. The van der Waals surface area contributed by atoms with E-state index in [0.717, 1.165) is 29.0 Å². The van der Waals surface area contributed by atoms with Crippen LogP contribution in [0, 0.1) is 0 Å². The van der Waals surface area contributed by atoms with Crippen LogP contribution < -0.4 is 14.4 Å². The maximum atomic E-state index is 13.1. The lowest BCUT2D eigenvalue weighted by Gasteiger charge is -2.30. The molecular weight excluding hydrogens is 436 g/mol. The third kappa shape index (κ3) is 5.33. The lowest BCUT2D eigenvalue weighted by atomic mass is 9.89. The second kappa shape index (κ2) is 9.49. The molecule has 0 saturated heterocycles. The third-order valence-electron chi connectivity index (χ3n) is 5.70. The summed E-state index contributed by atoms with van der Waals surface area (Å²) in [5.74, 6) is -0.0881. The molecule has 0 bridgehead atoms. The van der Waals surface area contributed by atoms with Crippen LogP contribution in [0.25, 0.3) is 0 Å². The van der Waals surface area contributed by atoms with Gasteiger partial charge in [0.15, 0.2) is 0 Å². The van der Waals surface area contributed by atoms with Gasteiger partial charge in [0.1, 0.15) is 11.8 Å². The Bertz CT molecular complexity index is 1070. The molecule has 2 aromatic carbocycles. The Labute approximate surface area is 189 Å². The Morgan fingerprint density at radius 2 is 1.77 bits per heavy atom. The number of amides is 1. The lowest BCUT2D eigenvalue weighted by Crippen LogP contribution is -2.48. The number of hydrogen-bond acceptors (Lipinski definition) is 4. The van der Waals surface area contributed by atoms with Crippen molar-refractivity contribution in [1.29, 1.82) is 0 Å². The molecule has 0 radical (unpaired) electrons. The molecule has 1 amide bonds. The van der Waals surface area contributed by atoms with Crippen molar-refractivity contribution in [3.8, 4) is 5.75 Å². The molecule has 1 aliphatic carbocycles. The minimum Gasteiger partial charge on any atom is -0.495 e. The molecule has 6 nitrogen and oxygen atoms in total. The molecule has 2 unspecified atom stereocenters. The van der Waals surface area contributed by atoms with Gasteiger partial charge in [-0.25, -0.2) is 8.42 Å². The molecule has 31 heavy (non-hydrogen) atoms. The quantitative estimate of drug-likeness (QED) is 0.664. The van der Waals surface area contributed by atoms with E-state index in [9.17, 15) is 13.2 Å². The molecule has 2 atom stereocenters. The smallest absolute Gasteiger partial charge is 0.244 e. The van der Waals surface area contributed by atoms with Crippen LogP contribution in [0.1, 0.15) is 49.4 Å². The van der Waals surface area contributed by atoms with Crippen molar-refractivity contribution in [3.63, 3.8) is 0 Å². The highest BCUT2D eigenvalue weighted by Gasteiger charge is 2.32. The number of fused-ring (bicyclic) bond motifs is 1. The summed E-state index contributed by atoms with van der Waals surface area (Å²) in [6, 6.07) is 9.73. The number of carbonyl (C=O) groups is 1. The zero-order valence-corrected chi connectivity index (χ0v) is 19.9. The molecule has 2 aromatic rings. The highest BCUT2D eigenvalue weighted by atomic mass is 35.5. The minimum atomic E-state index is -3.79. The number of hydrogen-bond donors (Lipinski definition) is 1. The summed E-state index contributed by atoms with van der Waals surface area (Å²) in [7, 11) is -2.35. The molecule has 8 heteroatoms. The first kappa shape index (κ1) is 23.4. The fraction of sp³-hybridized carbons (Fsp3) is 0.435. The highest BCUT2D eigenvalue weighted by Crippen LogP contribution is 2.34. The van der Waals surface area contributed by atoms with Crippen LogP contribution in [0.3, 0.4) is 0 Å². The van der Waals surface area contributed by atoms with Gasteiger partial charge in [0, 0.05) is 5.02 Å². The lowest BCUT2D eigenvalue weighted by molar-refractivity contribution is -0.122. The normalized spacial score (nSPS) is 15.5. The average molecular weight is 465 g/mol. The third-order valence-corrected chi connectivity index (χ3v) is 7.16. The van der Waals surface area contributed by atoms with Gasteiger partial charge in [0.25, 0.3) is 0 Å². The van der Waals surface area contributed by atoms with Crippen molar-refractivity contribution >= 4 is 33.2 Å². The van der Waals surface area contributed by atoms with Gasteiger partial charge in [-0.05, 0) is 74.4 Å². The zero-order chi connectivity index (χ0) is 22.8.